The Hall–Kier alpha value is -2.59. The number of urea groups is 1. The average Bonchev–Trinajstić information content (AvgIpc) is 3.30. The number of nitrogens with two attached hydrogens (primary N) is 1. The average molecular weight is 391 g/mol. The molecule has 2 aromatic rings. The van der Waals surface area contributed by atoms with E-state index in [1.165, 1.54) is 11.8 Å². The molecule has 0 spiro atoms. The van der Waals surface area contributed by atoms with Crippen LogP contribution in [0.25, 0.3) is 11.4 Å². The van der Waals surface area contributed by atoms with Crippen LogP contribution in [-0.4, -0.2) is 52.3 Å². The second kappa shape index (κ2) is 8.87. The van der Waals surface area contributed by atoms with Gasteiger partial charge >= 0.3 is 6.03 Å². The number of carbonyl (C=O) groups excluding carboxylic acids is 2. The predicted molar refractivity (Wildman–Crippen MR) is 99.4 cm³/mol. The second-order valence-electron chi connectivity index (χ2n) is 5.98. The molecule has 0 aliphatic carbocycles. The molecule has 27 heavy (non-hydrogen) atoms. The number of imide groups is 1. The number of amides is 3. The van der Waals surface area contributed by atoms with E-state index in [4.69, 9.17) is 15.2 Å². The highest BCUT2D eigenvalue weighted by Gasteiger charge is 2.22. The van der Waals surface area contributed by atoms with Crippen LogP contribution in [0.4, 0.5) is 4.79 Å². The van der Waals surface area contributed by atoms with E-state index in [2.05, 4.69) is 10.2 Å². The smallest absolute Gasteiger partial charge is 0.318 e. The third-order valence-electron chi connectivity index (χ3n) is 4.07. The van der Waals surface area contributed by atoms with Crippen molar-refractivity contribution in [2.45, 2.75) is 30.6 Å². The fourth-order valence-corrected chi connectivity index (χ4v) is 3.56. The highest BCUT2D eigenvalue weighted by Crippen LogP contribution is 2.27. The largest absolute Gasteiger partial charge is 0.497 e. The number of primary amides is 1. The molecule has 2 heterocycles. The molecule has 1 saturated heterocycles. The molecular formula is C17H21N5O4S. The van der Waals surface area contributed by atoms with Crippen molar-refractivity contribution >= 4 is 23.7 Å². The van der Waals surface area contributed by atoms with Gasteiger partial charge in [-0.3, -0.25) is 14.7 Å². The molecule has 9 nitrogen and oxygen atoms in total. The highest BCUT2D eigenvalue weighted by molar-refractivity contribution is 7.99. The molecule has 1 atom stereocenters. The van der Waals surface area contributed by atoms with Crippen molar-refractivity contribution in [3.05, 3.63) is 24.3 Å². The van der Waals surface area contributed by atoms with E-state index < -0.39 is 11.9 Å². The van der Waals surface area contributed by atoms with Crippen molar-refractivity contribution in [1.29, 1.82) is 0 Å². The maximum atomic E-state index is 11.7. The highest BCUT2D eigenvalue weighted by atomic mass is 32.2. The first-order chi connectivity index (χ1) is 13.1. The van der Waals surface area contributed by atoms with Gasteiger partial charge in [0.05, 0.1) is 25.5 Å². The summed E-state index contributed by atoms with van der Waals surface area (Å²) in [6, 6.07) is 6.65. The van der Waals surface area contributed by atoms with E-state index >= 15 is 0 Å². The monoisotopic (exact) mass is 391 g/mol. The van der Waals surface area contributed by atoms with Gasteiger partial charge in [-0.05, 0) is 37.1 Å². The van der Waals surface area contributed by atoms with E-state index in [1.807, 2.05) is 34.1 Å². The van der Waals surface area contributed by atoms with Crippen LogP contribution >= 0.6 is 11.8 Å². The zero-order valence-corrected chi connectivity index (χ0v) is 15.7. The Morgan fingerprint density at radius 3 is 2.78 bits per heavy atom. The Morgan fingerprint density at radius 1 is 1.37 bits per heavy atom. The number of hydrogen-bond donors (Lipinski definition) is 2. The van der Waals surface area contributed by atoms with E-state index in [0.717, 1.165) is 30.8 Å². The molecule has 0 saturated carbocycles. The number of rotatable bonds is 7. The zero-order chi connectivity index (χ0) is 19.2. The number of nitrogens with zero attached hydrogens (tertiary/aromatic N) is 3. The summed E-state index contributed by atoms with van der Waals surface area (Å²) < 4.78 is 12.9. The molecular weight excluding hydrogens is 370 g/mol. The molecule has 3 N–H and O–H groups in total. The third-order valence-corrected chi connectivity index (χ3v) is 5.04. The predicted octanol–water partition coefficient (Wildman–Crippen LogP) is 1.42. The number of carbonyl (C=O) groups is 2. The molecule has 10 heteroatoms. The summed E-state index contributed by atoms with van der Waals surface area (Å²) in [5.74, 6) is 0.965. The van der Waals surface area contributed by atoms with Crippen LogP contribution in [0.3, 0.4) is 0 Å². The second-order valence-corrected chi connectivity index (χ2v) is 6.92. The SMILES string of the molecule is COc1ccc(-c2nnc(SCC(=O)NC(N)=O)n2CC2CCCO2)cc1. The van der Waals surface area contributed by atoms with Crippen LogP contribution in [0.15, 0.2) is 29.4 Å². The lowest BCUT2D eigenvalue weighted by Crippen LogP contribution is -2.36. The summed E-state index contributed by atoms with van der Waals surface area (Å²) in [7, 11) is 1.61. The molecule has 3 amide bonds. The minimum atomic E-state index is -0.875. The van der Waals surface area contributed by atoms with Crippen molar-refractivity contribution in [1.82, 2.24) is 20.1 Å². The van der Waals surface area contributed by atoms with E-state index in [0.29, 0.717) is 17.5 Å². The van der Waals surface area contributed by atoms with Crippen LogP contribution < -0.4 is 15.8 Å². The van der Waals surface area contributed by atoms with Crippen LogP contribution in [-0.2, 0) is 16.1 Å². The van der Waals surface area contributed by atoms with Gasteiger partial charge in [0.25, 0.3) is 0 Å². The molecule has 1 aliphatic rings. The first-order valence-electron chi connectivity index (χ1n) is 8.48. The van der Waals surface area contributed by atoms with Crippen LogP contribution in [0, 0.1) is 0 Å². The molecule has 1 aliphatic heterocycles. The van der Waals surface area contributed by atoms with Crippen LogP contribution in [0.2, 0.25) is 0 Å². The summed E-state index contributed by atoms with van der Waals surface area (Å²) in [5.41, 5.74) is 5.85. The lowest BCUT2D eigenvalue weighted by atomic mass is 10.2. The Kier molecular flexibility index (Phi) is 6.30. The van der Waals surface area contributed by atoms with Crippen molar-refractivity contribution in [2.75, 3.05) is 19.5 Å². The Balaban J connectivity index is 1.82. The van der Waals surface area contributed by atoms with Gasteiger partial charge in [0, 0.05) is 12.2 Å². The van der Waals surface area contributed by atoms with Gasteiger partial charge in [-0.25, -0.2) is 4.79 Å². The summed E-state index contributed by atoms with van der Waals surface area (Å²) in [6.07, 6.45) is 2.07. The Morgan fingerprint density at radius 2 is 2.15 bits per heavy atom. The molecule has 144 valence electrons. The summed E-state index contributed by atoms with van der Waals surface area (Å²) in [6.45, 7) is 1.34. The van der Waals surface area contributed by atoms with Gasteiger partial charge < -0.3 is 15.2 Å². The first-order valence-corrected chi connectivity index (χ1v) is 9.46. The quantitative estimate of drug-likeness (QED) is 0.685. The molecule has 3 rings (SSSR count). The number of thioether (sulfide) groups is 1. The Labute approximate surface area is 160 Å². The minimum absolute atomic E-state index is 0.00914. The number of ether oxygens (including phenoxy) is 2. The van der Waals surface area contributed by atoms with Gasteiger partial charge in [0.1, 0.15) is 5.75 Å². The first kappa shape index (κ1) is 19.2. The fourth-order valence-electron chi connectivity index (χ4n) is 2.81. The van der Waals surface area contributed by atoms with Crippen molar-refractivity contribution < 1.29 is 19.1 Å². The van der Waals surface area contributed by atoms with Crippen molar-refractivity contribution in [3.8, 4) is 17.1 Å². The van der Waals surface area contributed by atoms with Gasteiger partial charge in [-0.15, -0.1) is 10.2 Å². The Bertz CT molecular complexity index is 802. The molecule has 1 fully saturated rings. The van der Waals surface area contributed by atoms with Gasteiger partial charge in [0.2, 0.25) is 5.91 Å². The topological polar surface area (TPSA) is 121 Å². The van der Waals surface area contributed by atoms with Crippen molar-refractivity contribution in [2.24, 2.45) is 5.73 Å². The lowest BCUT2D eigenvalue weighted by Gasteiger charge is -2.14. The summed E-state index contributed by atoms with van der Waals surface area (Å²) >= 11 is 1.19. The minimum Gasteiger partial charge on any atom is -0.497 e. The van der Waals surface area contributed by atoms with Crippen molar-refractivity contribution in [3.63, 3.8) is 0 Å². The van der Waals surface area contributed by atoms with Gasteiger partial charge in [0.15, 0.2) is 11.0 Å². The van der Waals surface area contributed by atoms with Crippen LogP contribution in [0.5, 0.6) is 5.75 Å². The number of nitrogens with one attached hydrogen (secondary N) is 1. The number of methoxy groups -OCH3 is 1. The lowest BCUT2D eigenvalue weighted by molar-refractivity contribution is -0.117. The zero-order valence-electron chi connectivity index (χ0n) is 14.9. The molecule has 0 radical (unpaired) electrons. The molecule has 1 aromatic carbocycles. The summed E-state index contributed by atoms with van der Waals surface area (Å²) in [5, 5.41) is 11.1. The number of aromatic nitrogens is 3. The molecule has 0 bridgehead atoms. The van der Waals surface area contributed by atoms with E-state index in [9.17, 15) is 9.59 Å². The standard InChI is InChI=1S/C17H21N5O4S/c1-25-12-6-4-11(5-7-12)15-20-21-17(27-10-14(23)19-16(18)24)22(15)9-13-3-2-8-26-13/h4-7,13H,2-3,8-10H2,1H3,(H3,18,19,23,24). The van der Waals surface area contributed by atoms with E-state index in [1.54, 1.807) is 7.11 Å². The van der Waals surface area contributed by atoms with E-state index in [-0.39, 0.29) is 11.9 Å². The van der Waals surface area contributed by atoms with Gasteiger partial charge in [-0.2, -0.15) is 0 Å². The molecule has 1 unspecified atom stereocenters. The number of hydrogen-bond acceptors (Lipinski definition) is 7. The third kappa shape index (κ3) is 4.98. The fraction of sp³-hybridized carbons (Fsp3) is 0.412. The summed E-state index contributed by atoms with van der Waals surface area (Å²) in [4.78, 5) is 22.5. The van der Waals surface area contributed by atoms with Gasteiger partial charge in [-0.1, -0.05) is 11.8 Å². The molecule has 1 aromatic heterocycles. The maximum Gasteiger partial charge on any atom is 0.318 e. The maximum absolute atomic E-state index is 11.7. The van der Waals surface area contributed by atoms with Crippen LogP contribution in [0.1, 0.15) is 12.8 Å². The normalized spacial score (nSPS) is 16.3. The number of benzene rings is 1.